The first-order valence-electron chi connectivity index (χ1n) is 4.73. The van der Waals surface area contributed by atoms with Gasteiger partial charge in [0.25, 0.3) is 0 Å². The first kappa shape index (κ1) is 10.2. The molecule has 78 valence electrons. The van der Waals surface area contributed by atoms with Gasteiger partial charge in [0.1, 0.15) is 5.75 Å². The van der Waals surface area contributed by atoms with Crippen molar-refractivity contribution in [2.75, 3.05) is 7.11 Å². The quantitative estimate of drug-likeness (QED) is 0.735. The van der Waals surface area contributed by atoms with Crippen molar-refractivity contribution in [2.24, 2.45) is 0 Å². The van der Waals surface area contributed by atoms with Crippen LogP contribution in [0.4, 0.5) is 0 Å². The molecule has 2 aromatic rings. The van der Waals surface area contributed by atoms with Crippen molar-refractivity contribution < 1.29 is 4.74 Å². The molecule has 0 fully saturated rings. The van der Waals surface area contributed by atoms with E-state index in [-0.39, 0.29) is 0 Å². The van der Waals surface area contributed by atoms with Gasteiger partial charge >= 0.3 is 0 Å². The third-order valence-corrected chi connectivity index (χ3v) is 2.98. The van der Waals surface area contributed by atoms with Crippen molar-refractivity contribution in [2.45, 2.75) is 13.8 Å². The van der Waals surface area contributed by atoms with Gasteiger partial charge in [-0.05, 0) is 37.1 Å². The van der Waals surface area contributed by atoms with Crippen LogP contribution >= 0.6 is 11.6 Å². The van der Waals surface area contributed by atoms with Crippen LogP contribution in [0.5, 0.6) is 5.75 Å². The lowest BCUT2D eigenvalue weighted by Crippen LogP contribution is -1.90. The summed E-state index contributed by atoms with van der Waals surface area (Å²) in [6.07, 6.45) is 1.80. The molecule has 0 amide bonds. The summed E-state index contributed by atoms with van der Waals surface area (Å²) in [7, 11) is 1.65. The van der Waals surface area contributed by atoms with E-state index in [0.717, 1.165) is 32.8 Å². The number of rotatable bonds is 1. The van der Waals surface area contributed by atoms with Crippen LogP contribution in [0, 0.1) is 13.8 Å². The Morgan fingerprint density at radius 3 is 2.60 bits per heavy atom. The summed E-state index contributed by atoms with van der Waals surface area (Å²) in [5, 5.41) is 1.70. The van der Waals surface area contributed by atoms with Crippen molar-refractivity contribution in [3.8, 4) is 5.75 Å². The summed E-state index contributed by atoms with van der Waals surface area (Å²) in [5.41, 5.74) is 2.99. The Bertz CT molecular complexity index is 523. The Labute approximate surface area is 93.8 Å². The number of methoxy groups -OCH3 is 1. The molecule has 0 aliphatic carbocycles. The maximum atomic E-state index is 6.23. The Hall–Kier alpha value is -1.28. The van der Waals surface area contributed by atoms with Gasteiger partial charge in [0.15, 0.2) is 0 Å². The second-order valence-corrected chi connectivity index (χ2v) is 3.97. The summed E-state index contributed by atoms with van der Waals surface area (Å²) in [4.78, 5) is 4.38. The average Bonchev–Trinajstić information content (AvgIpc) is 2.23. The van der Waals surface area contributed by atoms with Gasteiger partial charge in [-0.1, -0.05) is 11.6 Å². The van der Waals surface area contributed by atoms with Crippen LogP contribution in [0.15, 0.2) is 18.3 Å². The maximum Gasteiger partial charge on any atom is 0.119 e. The molecule has 3 heteroatoms. The van der Waals surface area contributed by atoms with Gasteiger partial charge in [-0.15, -0.1) is 0 Å². The predicted octanol–water partition coefficient (Wildman–Crippen LogP) is 3.51. The Morgan fingerprint density at radius 1 is 1.20 bits per heavy atom. The molecule has 1 aromatic carbocycles. The highest BCUT2D eigenvalue weighted by molar-refractivity contribution is 6.36. The molecule has 0 aliphatic heterocycles. The molecule has 0 saturated heterocycles. The molecular weight excluding hydrogens is 210 g/mol. The van der Waals surface area contributed by atoms with E-state index in [0.29, 0.717) is 0 Å². The molecule has 0 bridgehead atoms. The van der Waals surface area contributed by atoms with E-state index in [9.17, 15) is 0 Å². The van der Waals surface area contributed by atoms with Gasteiger partial charge < -0.3 is 4.74 Å². The maximum absolute atomic E-state index is 6.23. The Morgan fingerprint density at radius 2 is 1.93 bits per heavy atom. The number of benzene rings is 1. The highest BCUT2D eigenvalue weighted by Gasteiger charge is 2.07. The van der Waals surface area contributed by atoms with Gasteiger partial charge in [-0.3, -0.25) is 4.98 Å². The van der Waals surface area contributed by atoms with E-state index >= 15 is 0 Å². The fraction of sp³-hybridized carbons (Fsp3) is 0.250. The zero-order valence-corrected chi connectivity index (χ0v) is 9.72. The van der Waals surface area contributed by atoms with Gasteiger partial charge in [0.2, 0.25) is 0 Å². The van der Waals surface area contributed by atoms with Gasteiger partial charge in [-0.25, -0.2) is 0 Å². The van der Waals surface area contributed by atoms with Crippen LogP contribution in [0.2, 0.25) is 5.02 Å². The zero-order valence-electron chi connectivity index (χ0n) is 8.97. The van der Waals surface area contributed by atoms with Crippen LogP contribution in [-0.2, 0) is 0 Å². The lowest BCUT2D eigenvalue weighted by Gasteiger charge is -2.08. The van der Waals surface area contributed by atoms with Crippen molar-refractivity contribution in [1.82, 2.24) is 4.98 Å². The molecule has 0 N–H and O–H groups in total. The lowest BCUT2D eigenvalue weighted by atomic mass is 10.1. The number of hydrogen-bond acceptors (Lipinski definition) is 2. The summed E-state index contributed by atoms with van der Waals surface area (Å²) in [5.74, 6) is 0.814. The normalized spacial score (nSPS) is 10.7. The molecule has 1 aromatic heterocycles. The number of nitrogens with zero attached hydrogens (tertiary/aromatic N) is 1. The fourth-order valence-corrected chi connectivity index (χ4v) is 1.83. The van der Waals surface area contributed by atoms with Gasteiger partial charge in [-0.2, -0.15) is 0 Å². The Kier molecular flexibility index (Phi) is 2.53. The molecule has 2 rings (SSSR count). The van der Waals surface area contributed by atoms with Crippen LogP contribution < -0.4 is 4.74 Å². The van der Waals surface area contributed by atoms with Crippen LogP contribution in [0.1, 0.15) is 11.1 Å². The first-order chi connectivity index (χ1) is 7.13. The second-order valence-electron chi connectivity index (χ2n) is 3.60. The second kappa shape index (κ2) is 3.70. The standard InChI is InChI=1S/C12H12ClNO/c1-7-4-9(15-3)5-10-11(13)8(2)6-14-12(7)10/h4-6H,1-3H3. The molecule has 0 radical (unpaired) electrons. The topological polar surface area (TPSA) is 22.1 Å². The molecule has 0 saturated carbocycles. The van der Waals surface area contributed by atoms with Crippen molar-refractivity contribution >= 4 is 22.5 Å². The van der Waals surface area contributed by atoms with E-state index in [2.05, 4.69) is 4.98 Å². The van der Waals surface area contributed by atoms with Crippen LogP contribution in [-0.4, -0.2) is 12.1 Å². The van der Waals surface area contributed by atoms with E-state index in [1.165, 1.54) is 0 Å². The number of aromatic nitrogens is 1. The molecule has 15 heavy (non-hydrogen) atoms. The number of fused-ring (bicyclic) bond motifs is 1. The minimum Gasteiger partial charge on any atom is -0.497 e. The number of pyridine rings is 1. The van der Waals surface area contributed by atoms with E-state index in [1.54, 1.807) is 13.3 Å². The van der Waals surface area contributed by atoms with Gasteiger partial charge in [0, 0.05) is 11.6 Å². The molecule has 1 heterocycles. The summed E-state index contributed by atoms with van der Waals surface area (Å²) < 4.78 is 5.21. The van der Waals surface area contributed by atoms with E-state index in [1.807, 2.05) is 26.0 Å². The van der Waals surface area contributed by atoms with Gasteiger partial charge in [0.05, 0.1) is 17.6 Å². The monoisotopic (exact) mass is 221 g/mol. The molecular formula is C12H12ClNO. The third kappa shape index (κ3) is 1.65. The van der Waals surface area contributed by atoms with E-state index in [4.69, 9.17) is 16.3 Å². The third-order valence-electron chi connectivity index (χ3n) is 2.48. The minimum atomic E-state index is 0.752. The van der Waals surface area contributed by atoms with Crippen molar-refractivity contribution in [3.63, 3.8) is 0 Å². The number of halogens is 1. The number of aryl methyl sites for hydroxylation is 2. The molecule has 0 spiro atoms. The van der Waals surface area contributed by atoms with Crippen LogP contribution in [0.3, 0.4) is 0 Å². The van der Waals surface area contributed by atoms with Crippen molar-refractivity contribution in [1.29, 1.82) is 0 Å². The van der Waals surface area contributed by atoms with E-state index < -0.39 is 0 Å². The number of hydrogen-bond donors (Lipinski definition) is 0. The molecule has 0 unspecified atom stereocenters. The fourth-order valence-electron chi connectivity index (χ4n) is 1.63. The minimum absolute atomic E-state index is 0.752. The molecule has 0 aliphatic rings. The SMILES string of the molecule is COc1cc(C)c2ncc(C)c(Cl)c2c1. The first-order valence-corrected chi connectivity index (χ1v) is 5.10. The summed E-state index contributed by atoms with van der Waals surface area (Å²) in [6, 6.07) is 3.88. The lowest BCUT2D eigenvalue weighted by molar-refractivity contribution is 0.415. The van der Waals surface area contributed by atoms with Crippen LogP contribution in [0.25, 0.3) is 10.9 Å². The largest absolute Gasteiger partial charge is 0.497 e. The van der Waals surface area contributed by atoms with Crippen molar-refractivity contribution in [3.05, 3.63) is 34.5 Å². The zero-order chi connectivity index (χ0) is 11.0. The molecule has 0 atom stereocenters. The number of ether oxygens (including phenoxy) is 1. The Balaban J connectivity index is 2.86. The highest BCUT2D eigenvalue weighted by Crippen LogP contribution is 2.30. The predicted molar refractivity (Wildman–Crippen MR) is 62.8 cm³/mol. The highest BCUT2D eigenvalue weighted by atomic mass is 35.5. The summed E-state index contributed by atoms with van der Waals surface area (Å²) in [6.45, 7) is 3.95. The smallest absolute Gasteiger partial charge is 0.119 e. The molecule has 2 nitrogen and oxygen atoms in total. The average molecular weight is 222 g/mol. The summed E-state index contributed by atoms with van der Waals surface area (Å²) >= 11 is 6.23.